The number of anilines is 2. The maximum absolute atomic E-state index is 14.6. The first-order valence-corrected chi connectivity index (χ1v) is 12.4. The molecule has 1 aromatic carbocycles. The van der Waals surface area contributed by atoms with Gasteiger partial charge in [0.15, 0.2) is 0 Å². The van der Waals surface area contributed by atoms with E-state index in [1.54, 1.807) is 0 Å². The first-order valence-electron chi connectivity index (χ1n) is 10.2. The number of hydrogen-bond acceptors (Lipinski definition) is 8. The number of halogens is 2. The second-order valence-electron chi connectivity index (χ2n) is 8.04. The molecule has 3 rings (SSSR count). The highest BCUT2D eigenvalue weighted by atomic mass is 32.2. The van der Waals surface area contributed by atoms with E-state index in [0.29, 0.717) is 31.0 Å². The van der Waals surface area contributed by atoms with Crippen LogP contribution in [-0.4, -0.2) is 36.9 Å². The van der Waals surface area contributed by atoms with Crippen LogP contribution in [0.4, 0.5) is 19.6 Å². The summed E-state index contributed by atoms with van der Waals surface area (Å²) in [6, 6.07) is 1.36. The van der Waals surface area contributed by atoms with E-state index in [2.05, 4.69) is 19.4 Å². The van der Waals surface area contributed by atoms with Gasteiger partial charge in [-0.3, -0.25) is 4.72 Å². The highest BCUT2D eigenvalue weighted by Crippen LogP contribution is 2.36. The Balaban J connectivity index is 1.70. The molecule has 31 heavy (non-hydrogen) atoms. The fraction of sp³-hybridized carbons (Fsp3) is 0.579. The summed E-state index contributed by atoms with van der Waals surface area (Å²) in [7, 11) is -4.34. The highest BCUT2D eigenvalue weighted by molar-refractivity contribution is 7.93. The second-order valence-corrected chi connectivity index (χ2v) is 10.5. The van der Waals surface area contributed by atoms with Gasteiger partial charge in [-0.15, -0.1) is 0 Å². The number of nitrogens with zero attached hydrogens (tertiary/aromatic N) is 2. The van der Waals surface area contributed by atoms with Crippen LogP contribution >= 0.6 is 11.5 Å². The van der Waals surface area contributed by atoms with Crippen LogP contribution in [0.25, 0.3) is 0 Å². The summed E-state index contributed by atoms with van der Waals surface area (Å²) in [5.74, 6) is -0.953. The van der Waals surface area contributed by atoms with Gasteiger partial charge in [0, 0.05) is 30.2 Å². The molecule has 2 aromatic rings. The van der Waals surface area contributed by atoms with Crippen LogP contribution in [0, 0.1) is 29.4 Å². The van der Waals surface area contributed by atoms with Crippen molar-refractivity contribution in [1.29, 1.82) is 0 Å². The summed E-state index contributed by atoms with van der Waals surface area (Å²) in [5, 5.41) is 2.87. The van der Waals surface area contributed by atoms with E-state index in [0.717, 1.165) is 49.6 Å². The molecule has 172 valence electrons. The molecule has 1 heterocycles. The van der Waals surface area contributed by atoms with Gasteiger partial charge in [-0.1, -0.05) is 12.8 Å². The predicted octanol–water partition coefficient (Wildman–Crippen LogP) is 2.76. The third kappa shape index (κ3) is 5.88. The van der Waals surface area contributed by atoms with E-state index in [9.17, 15) is 17.2 Å². The largest absolute Gasteiger partial charge is 0.382 e. The Hall–Kier alpha value is -1.89. The van der Waals surface area contributed by atoms with Crippen molar-refractivity contribution in [3.63, 3.8) is 0 Å². The van der Waals surface area contributed by atoms with Crippen LogP contribution in [0.2, 0.25) is 0 Å². The number of aromatic nitrogens is 2. The molecule has 1 saturated carbocycles. The van der Waals surface area contributed by atoms with Crippen LogP contribution in [-0.2, 0) is 10.0 Å². The van der Waals surface area contributed by atoms with Crippen LogP contribution in [0.3, 0.4) is 0 Å². The van der Waals surface area contributed by atoms with E-state index >= 15 is 0 Å². The van der Waals surface area contributed by atoms with E-state index in [1.807, 2.05) is 6.92 Å². The Morgan fingerprint density at radius 3 is 2.65 bits per heavy atom. The lowest BCUT2D eigenvalue weighted by Crippen LogP contribution is -2.35. The van der Waals surface area contributed by atoms with E-state index in [-0.39, 0.29) is 22.8 Å². The summed E-state index contributed by atoms with van der Waals surface area (Å²) in [4.78, 5) is 2.88. The summed E-state index contributed by atoms with van der Waals surface area (Å²) in [5.41, 5.74) is 11.9. The number of rotatable bonds is 10. The highest BCUT2D eigenvalue weighted by Gasteiger charge is 2.30. The van der Waals surface area contributed by atoms with E-state index in [4.69, 9.17) is 11.5 Å². The monoisotopic (exact) mass is 474 g/mol. The zero-order valence-electron chi connectivity index (χ0n) is 17.2. The Bertz CT molecular complexity index is 972. The van der Waals surface area contributed by atoms with Crippen LogP contribution in [0.5, 0.6) is 0 Å². The normalized spacial score (nSPS) is 21.1. The molecule has 4 atom stereocenters. The van der Waals surface area contributed by atoms with Gasteiger partial charge in [-0.2, -0.15) is 4.37 Å². The van der Waals surface area contributed by atoms with Crippen molar-refractivity contribution in [2.24, 2.45) is 29.2 Å². The molecule has 1 aliphatic carbocycles. The van der Waals surface area contributed by atoms with Crippen LogP contribution in [0.15, 0.2) is 23.4 Å². The quantitative estimate of drug-likeness (QED) is 0.416. The van der Waals surface area contributed by atoms with Crippen molar-refractivity contribution in [1.82, 2.24) is 9.36 Å². The first kappa shape index (κ1) is 23.8. The number of sulfonamides is 1. The van der Waals surface area contributed by atoms with Crippen molar-refractivity contribution >= 4 is 32.4 Å². The molecule has 0 aliphatic heterocycles. The van der Waals surface area contributed by atoms with Gasteiger partial charge in [0.05, 0.1) is 5.69 Å². The Labute approximate surface area is 185 Å². The van der Waals surface area contributed by atoms with Gasteiger partial charge >= 0.3 is 0 Å². The lowest BCUT2D eigenvalue weighted by Gasteiger charge is -2.27. The molecule has 1 aliphatic rings. The topological polar surface area (TPSA) is 136 Å². The molecular formula is C19H28F2N6O2S2. The number of nitrogens with two attached hydrogens (primary N) is 2. The van der Waals surface area contributed by atoms with Gasteiger partial charge in [-0.25, -0.2) is 22.2 Å². The van der Waals surface area contributed by atoms with Crippen molar-refractivity contribution < 1.29 is 17.2 Å². The van der Waals surface area contributed by atoms with Crippen LogP contribution < -0.4 is 21.5 Å². The number of hydrogen-bond donors (Lipinski definition) is 4. The number of benzene rings is 1. The summed E-state index contributed by atoms with van der Waals surface area (Å²) < 4.78 is 59.7. The third-order valence-electron chi connectivity index (χ3n) is 5.92. The number of nitrogens with one attached hydrogen (secondary N) is 2. The smallest absolute Gasteiger partial charge is 0.266 e. The molecule has 1 aromatic heterocycles. The van der Waals surface area contributed by atoms with Crippen molar-refractivity contribution in [2.45, 2.75) is 43.5 Å². The molecule has 0 amide bonds. The first-order chi connectivity index (χ1) is 14.7. The molecule has 6 N–H and O–H groups in total. The summed E-state index contributed by atoms with van der Waals surface area (Å²) in [6.07, 6.45) is 5.37. The fourth-order valence-corrected chi connectivity index (χ4v) is 5.84. The van der Waals surface area contributed by atoms with E-state index < -0.39 is 26.6 Å². The summed E-state index contributed by atoms with van der Waals surface area (Å²) in [6.45, 7) is 2.88. The average molecular weight is 475 g/mol. The van der Waals surface area contributed by atoms with E-state index in [1.165, 1.54) is 0 Å². The lowest BCUT2D eigenvalue weighted by atomic mass is 9.84. The minimum Gasteiger partial charge on any atom is -0.382 e. The zero-order valence-corrected chi connectivity index (χ0v) is 18.9. The maximum atomic E-state index is 14.6. The van der Waals surface area contributed by atoms with Crippen molar-refractivity contribution in [3.05, 3.63) is 30.1 Å². The molecular weight excluding hydrogens is 446 g/mol. The minimum absolute atomic E-state index is 0.0375. The van der Waals surface area contributed by atoms with Gasteiger partial charge in [0.2, 0.25) is 5.13 Å². The standard InChI is InChI=1S/C19H28F2N6O2S2/c1-11(23)14(5-12-3-2-4-13(12)8-22)9-24-17-6-16(21)18(7-15(17)20)31(28,29)27-19-25-10-26-30-19/h6-7,10-14,24H,2-5,8-9,22-23H2,1H3,(H,25,26,27). The van der Waals surface area contributed by atoms with Gasteiger partial charge in [0.25, 0.3) is 10.0 Å². The van der Waals surface area contributed by atoms with Crippen LogP contribution in [0.1, 0.15) is 32.6 Å². The molecule has 0 spiro atoms. The molecule has 12 heteroatoms. The van der Waals surface area contributed by atoms with Gasteiger partial charge in [0.1, 0.15) is 22.9 Å². The molecule has 0 bridgehead atoms. The molecule has 8 nitrogen and oxygen atoms in total. The Kier molecular flexibility index (Phi) is 7.78. The molecule has 4 unspecified atom stereocenters. The van der Waals surface area contributed by atoms with Crippen molar-refractivity contribution in [2.75, 3.05) is 23.1 Å². The second kappa shape index (κ2) is 10.2. The lowest BCUT2D eigenvalue weighted by molar-refractivity contribution is 0.291. The minimum atomic E-state index is -4.34. The molecule has 0 saturated heterocycles. The SMILES string of the molecule is CC(N)C(CNc1cc(F)c(S(=O)(=O)Nc2ncns2)cc1F)CC1CCCC1CN. The summed E-state index contributed by atoms with van der Waals surface area (Å²) >= 11 is 0.787. The zero-order chi connectivity index (χ0) is 22.6. The third-order valence-corrected chi connectivity index (χ3v) is 7.98. The fourth-order valence-electron chi connectivity index (χ4n) is 4.11. The molecule has 0 radical (unpaired) electrons. The van der Waals surface area contributed by atoms with Crippen molar-refractivity contribution in [3.8, 4) is 0 Å². The van der Waals surface area contributed by atoms with Gasteiger partial charge < -0.3 is 16.8 Å². The van der Waals surface area contributed by atoms with Gasteiger partial charge in [-0.05, 0) is 50.1 Å². The maximum Gasteiger partial charge on any atom is 0.266 e. The Morgan fingerprint density at radius 2 is 2.00 bits per heavy atom. The predicted molar refractivity (Wildman–Crippen MR) is 117 cm³/mol. The molecule has 1 fully saturated rings. The Morgan fingerprint density at radius 1 is 1.26 bits per heavy atom. The average Bonchev–Trinajstić information content (AvgIpc) is 3.37.